The van der Waals surface area contributed by atoms with E-state index >= 15 is 0 Å². The Bertz CT molecular complexity index is 1560. The van der Waals surface area contributed by atoms with E-state index in [2.05, 4.69) is 0 Å². The molecule has 3 aromatic carbocycles. The van der Waals surface area contributed by atoms with Crippen LogP contribution >= 0.6 is 11.6 Å². The normalized spacial score (nSPS) is 14.8. The Labute approximate surface area is 214 Å². The van der Waals surface area contributed by atoms with E-state index in [0.29, 0.717) is 23.7 Å². The van der Waals surface area contributed by atoms with E-state index in [9.17, 15) is 18.4 Å². The lowest BCUT2D eigenvalue weighted by molar-refractivity contribution is -0.605. The molecule has 0 unspecified atom stereocenters. The first-order valence-electron chi connectivity index (χ1n) is 11.5. The Morgan fingerprint density at radius 1 is 0.917 bits per heavy atom. The number of pyridine rings is 1. The zero-order valence-corrected chi connectivity index (χ0v) is 21.2. The zero-order valence-electron chi connectivity index (χ0n) is 19.6. The van der Waals surface area contributed by atoms with Gasteiger partial charge >= 0.3 is 0 Å². The van der Waals surface area contributed by atoms with Crippen molar-refractivity contribution in [3.8, 4) is 11.1 Å². The van der Waals surface area contributed by atoms with Crippen LogP contribution in [-0.2, 0) is 10.0 Å². The van der Waals surface area contributed by atoms with E-state index in [-0.39, 0.29) is 23.9 Å². The molecule has 4 aromatic rings. The number of halogens is 1. The Morgan fingerprint density at radius 2 is 1.58 bits per heavy atom. The van der Waals surface area contributed by atoms with E-state index in [1.807, 2.05) is 19.1 Å². The first-order chi connectivity index (χ1) is 17.2. The Hall–Kier alpha value is -3.46. The minimum absolute atomic E-state index is 0.136. The zero-order chi connectivity index (χ0) is 25.4. The molecule has 0 atom stereocenters. The average Bonchev–Trinajstić information content (AvgIpc) is 2.88. The maximum Gasteiger partial charge on any atom is 0.253 e. The Balaban J connectivity index is 1.27. The van der Waals surface area contributed by atoms with Gasteiger partial charge in [-0.1, -0.05) is 35.9 Å². The van der Waals surface area contributed by atoms with E-state index in [4.69, 9.17) is 11.6 Å². The molecule has 1 fully saturated rings. The van der Waals surface area contributed by atoms with Crippen LogP contribution in [-0.4, -0.2) is 49.7 Å². The van der Waals surface area contributed by atoms with E-state index in [0.717, 1.165) is 32.2 Å². The van der Waals surface area contributed by atoms with E-state index in [1.54, 1.807) is 59.5 Å². The van der Waals surface area contributed by atoms with Gasteiger partial charge in [-0.05, 0) is 65.2 Å². The smallest absolute Gasteiger partial charge is 0.253 e. The summed E-state index contributed by atoms with van der Waals surface area (Å²) in [6, 6.07) is 19.3. The van der Waals surface area contributed by atoms with Gasteiger partial charge in [0.2, 0.25) is 10.0 Å². The minimum atomic E-state index is -3.68. The summed E-state index contributed by atoms with van der Waals surface area (Å²) < 4.78 is 28.7. The molecule has 0 N–H and O–H groups in total. The second-order valence-electron chi connectivity index (χ2n) is 8.83. The number of rotatable bonds is 4. The average molecular weight is 522 g/mol. The lowest BCUT2D eigenvalue weighted by Crippen LogP contribution is -2.50. The SMILES string of the molecule is Cc1c[n+]([O-])ccc1-c1ccc(C(=O)N2CCN(S(=O)(=O)c3ccc4cc(Cl)ccc4c3)CC2)cc1. The molecule has 0 saturated carbocycles. The van der Waals surface area contributed by atoms with Gasteiger partial charge in [-0.3, -0.25) is 4.79 Å². The Morgan fingerprint density at radius 3 is 2.28 bits per heavy atom. The molecule has 184 valence electrons. The number of fused-ring (bicyclic) bond motifs is 1. The molecule has 0 aliphatic carbocycles. The molecule has 0 spiro atoms. The van der Waals surface area contributed by atoms with Crippen molar-refractivity contribution < 1.29 is 17.9 Å². The van der Waals surface area contributed by atoms with Crippen molar-refractivity contribution in [3.63, 3.8) is 0 Å². The molecule has 36 heavy (non-hydrogen) atoms. The molecule has 1 amide bonds. The molecule has 1 aliphatic rings. The van der Waals surface area contributed by atoms with Crippen LogP contribution in [0, 0.1) is 12.1 Å². The van der Waals surface area contributed by atoms with Crippen LogP contribution in [0.3, 0.4) is 0 Å². The number of aromatic nitrogens is 1. The van der Waals surface area contributed by atoms with Crippen LogP contribution in [0.25, 0.3) is 21.9 Å². The fourth-order valence-corrected chi connectivity index (χ4v) is 6.16. The number of piperazine rings is 1. The van der Waals surface area contributed by atoms with Crippen LogP contribution in [0.15, 0.2) is 84.0 Å². The predicted molar refractivity (Wildman–Crippen MR) is 139 cm³/mol. The molecular formula is C27H24ClN3O4S. The molecule has 0 bridgehead atoms. The standard InChI is InChI=1S/C27H24ClN3O4S/c1-19-18-30(33)11-10-26(19)20-2-4-21(5-3-20)27(32)29-12-14-31(15-13-29)36(34,35)25-9-7-22-16-24(28)8-6-23(22)17-25/h2-11,16-18H,12-15H2,1H3. The van der Waals surface area contributed by atoms with Crippen molar-refractivity contribution in [1.82, 2.24) is 9.21 Å². The van der Waals surface area contributed by atoms with Crippen molar-refractivity contribution in [1.29, 1.82) is 0 Å². The summed E-state index contributed by atoms with van der Waals surface area (Å²) in [4.78, 5) is 15.0. The molecule has 5 rings (SSSR count). The summed E-state index contributed by atoms with van der Waals surface area (Å²) in [5, 5.41) is 13.7. The Kier molecular flexibility index (Phi) is 6.42. The molecule has 1 aromatic heterocycles. The second-order valence-corrected chi connectivity index (χ2v) is 11.2. The fourth-order valence-electron chi connectivity index (χ4n) is 4.52. The molecule has 1 aliphatic heterocycles. The highest BCUT2D eigenvalue weighted by molar-refractivity contribution is 7.89. The fraction of sp³-hybridized carbons (Fsp3) is 0.185. The summed E-state index contributed by atoms with van der Waals surface area (Å²) in [5.41, 5.74) is 3.23. The van der Waals surface area contributed by atoms with Crippen LogP contribution < -0.4 is 4.73 Å². The summed E-state index contributed by atoms with van der Waals surface area (Å²) in [6.45, 7) is 2.94. The highest BCUT2D eigenvalue weighted by Crippen LogP contribution is 2.26. The van der Waals surface area contributed by atoms with Crippen molar-refractivity contribution in [2.24, 2.45) is 0 Å². The van der Waals surface area contributed by atoms with Crippen LogP contribution in [0.4, 0.5) is 0 Å². The molecule has 7 nitrogen and oxygen atoms in total. The van der Waals surface area contributed by atoms with Gasteiger partial charge < -0.3 is 10.1 Å². The van der Waals surface area contributed by atoms with Crippen LogP contribution in [0.1, 0.15) is 15.9 Å². The number of amides is 1. The molecule has 1 saturated heterocycles. The summed E-state index contributed by atoms with van der Waals surface area (Å²) in [6.07, 6.45) is 2.96. The first-order valence-corrected chi connectivity index (χ1v) is 13.3. The van der Waals surface area contributed by atoms with Gasteiger partial charge in [-0.15, -0.1) is 0 Å². The molecule has 0 radical (unpaired) electrons. The highest BCUT2D eigenvalue weighted by Gasteiger charge is 2.30. The van der Waals surface area contributed by atoms with Gasteiger partial charge in [0, 0.05) is 48.4 Å². The topological polar surface area (TPSA) is 84.6 Å². The number of benzene rings is 3. The van der Waals surface area contributed by atoms with Crippen LogP contribution in [0.2, 0.25) is 5.02 Å². The number of nitrogens with zero attached hydrogens (tertiary/aromatic N) is 3. The van der Waals surface area contributed by atoms with Gasteiger partial charge in [-0.25, -0.2) is 8.42 Å². The van der Waals surface area contributed by atoms with Gasteiger partial charge in [0.05, 0.1) is 4.90 Å². The molecule has 9 heteroatoms. The largest absolute Gasteiger partial charge is 0.619 e. The number of hydrogen-bond acceptors (Lipinski definition) is 4. The van der Waals surface area contributed by atoms with E-state index in [1.165, 1.54) is 16.7 Å². The van der Waals surface area contributed by atoms with Crippen LogP contribution in [0.5, 0.6) is 0 Å². The van der Waals surface area contributed by atoms with Gasteiger partial charge in [0.1, 0.15) is 0 Å². The van der Waals surface area contributed by atoms with Gasteiger partial charge in [0.25, 0.3) is 5.91 Å². The highest BCUT2D eigenvalue weighted by atomic mass is 35.5. The summed E-state index contributed by atoms with van der Waals surface area (Å²) in [7, 11) is -3.68. The van der Waals surface area contributed by atoms with E-state index < -0.39 is 10.0 Å². The number of hydrogen-bond donors (Lipinski definition) is 0. The number of carbonyl (C=O) groups is 1. The van der Waals surface area contributed by atoms with Crippen molar-refractivity contribution in [2.75, 3.05) is 26.2 Å². The molecular weight excluding hydrogens is 498 g/mol. The van der Waals surface area contributed by atoms with Crippen molar-refractivity contribution in [2.45, 2.75) is 11.8 Å². The number of carbonyl (C=O) groups excluding carboxylic acids is 1. The summed E-state index contributed by atoms with van der Waals surface area (Å²) in [5.74, 6) is -0.136. The van der Waals surface area contributed by atoms with Gasteiger partial charge in [-0.2, -0.15) is 9.04 Å². The minimum Gasteiger partial charge on any atom is -0.619 e. The third kappa shape index (κ3) is 4.67. The van der Waals surface area contributed by atoms with Gasteiger partial charge in [0.15, 0.2) is 12.4 Å². The predicted octanol–water partition coefficient (Wildman–Crippen LogP) is 4.25. The second kappa shape index (κ2) is 9.54. The maximum absolute atomic E-state index is 13.2. The van der Waals surface area contributed by atoms with Crippen molar-refractivity contribution in [3.05, 3.63) is 100 Å². The first kappa shape index (κ1) is 24.2. The van der Waals surface area contributed by atoms with Crippen molar-refractivity contribution >= 4 is 38.3 Å². The monoisotopic (exact) mass is 521 g/mol. The third-order valence-corrected chi connectivity index (χ3v) is 8.64. The quantitative estimate of drug-likeness (QED) is 0.297. The maximum atomic E-state index is 13.2. The third-order valence-electron chi connectivity index (χ3n) is 6.51. The summed E-state index contributed by atoms with van der Waals surface area (Å²) >= 11 is 6.03. The number of sulfonamides is 1. The number of aryl methyl sites for hydroxylation is 1. The lowest BCUT2D eigenvalue weighted by atomic mass is 10.0. The molecule has 2 heterocycles. The lowest BCUT2D eigenvalue weighted by Gasteiger charge is -2.34.